The predicted molar refractivity (Wildman–Crippen MR) is 270 cm³/mol. The van der Waals surface area contributed by atoms with Crippen molar-refractivity contribution in [1.82, 2.24) is 0 Å². The van der Waals surface area contributed by atoms with Gasteiger partial charge in [-0.25, -0.2) is 0 Å². The number of hydrogen-bond donors (Lipinski definition) is 0. The van der Waals surface area contributed by atoms with Crippen LogP contribution in [0.1, 0.15) is 226 Å². The zero-order valence-electron chi connectivity index (χ0n) is 40.8. The predicted octanol–water partition coefficient (Wildman–Crippen LogP) is 17.0. The highest BCUT2D eigenvalue weighted by Gasteiger charge is 2.19. The maximum atomic E-state index is 12.8. The van der Waals surface area contributed by atoms with Gasteiger partial charge in [-0.15, -0.1) is 0 Å². The second-order valence-corrected chi connectivity index (χ2v) is 16.7. The minimum Gasteiger partial charge on any atom is -0.462 e. The van der Waals surface area contributed by atoms with E-state index in [2.05, 4.69) is 118 Å². The van der Waals surface area contributed by atoms with Crippen molar-refractivity contribution >= 4 is 17.9 Å². The van der Waals surface area contributed by atoms with Gasteiger partial charge < -0.3 is 14.2 Å². The number of allylic oxidation sites excluding steroid dienone is 16. The highest BCUT2D eigenvalue weighted by Crippen LogP contribution is 2.13. The van der Waals surface area contributed by atoms with E-state index in [0.717, 1.165) is 135 Å². The fourth-order valence-corrected chi connectivity index (χ4v) is 6.73. The second kappa shape index (κ2) is 51.0. The van der Waals surface area contributed by atoms with Gasteiger partial charge >= 0.3 is 17.9 Å². The van der Waals surface area contributed by atoms with Crippen molar-refractivity contribution in [1.29, 1.82) is 0 Å². The molecule has 0 N–H and O–H groups in total. The number of esters is 3. The van der Waals surface area contributed by atoms with Crippen LogP contribution >= 0.6 is 0 Å². The van der Waals surface area contributed by atoms with E-state index in [9.17, 15) is 14.4 Å². The normalized spacial score (nSPS) is 12.9. The van der Waals surface area contributed by atoms with Crippen LogP contribution in [0, 0.1) is 0 Å². The lowest BCUT2D eigenvalue weighted by molar-refractivity contribution is -0.167. The van der Waals surface area contributed by atoms with Crippen LogP contribution in [-0.2, 0) is 28.6 Å². The first-order valence-corrected chi connectivity index (χ1v) is 25.7. The highest BCUT2D eigenvalue weighted by molar-refractivity contribution is 5.71. The lowest BCUT2D eigenvalue weighted by Gasteiger charge is -2.18. The van der Waals surface area contributed by atoms with Crippen molar-refractivity contribution in [3.63, 3.8) is 0 Å². The molecule has 0 radical (unpaired) electrons. The van der Waals surface area contributed by atoms with Gasteiger partial charge in [-0.05, 0) is 116 Å². The third-order valence-electron chi connectivity index (χ3n) is 10.6. The molecule has 0 spiro atoms. The molecule has 0 saturated heterocycles. The van der Waals surface area contributed by atoms with Crippen molar-refractivity contribution in [2.24, 2.45) is 0 Å². The molecule has 358 valence electrons. The molecule has 6 heteroatoms. The quantitative estimate of drug-likeness (QED) is 0.0262. The summed E-state index contributed by atoms with van der Waals surface area (Å²) in [7, 11) is 0. The summed E-state index contributed by atoms with van der Waals surface area (Å²) >= 11 is 0. The molecule has 0 amide bonds. The van der Waals surface area contributed by atoms with Crippen LogP contribution in [-0.4, -0.2) is 37.2 Å². The van der Waals surface area contributed by atoms with Gasteiger partial charge in [-0.1, -0.05) is 189 Å². The fraction of sp³-hybridized carbons (Fsp3) is 0.667. The molecule has 0 aromatic rings. The zero-order chi connectivity index (χ0) is 45.8. The summed E-state index contributed by atoms with van der Waals surface area (Å²) in [6.07, 6.45) is 66.8. The van der Waals surface area contributed by atoms with Crippen LogP contribution in [0.25, 0.3) is 0 Å². The highest BCUT2D eigenvalue weighted by atomic mass is 16.6. The van der Waals surface area contributed by atoms with Crippen LogP contribution in [0.2, 0.25) is 0 Å². The van der Waals surface area contributed by atoms with E-state index in [0.29, 0.717) is 19.3 Å². The Morgan fingerprint density at radius 1 is 0.333 bits per heavy atom. The summed E-state index contributed by atoms with van der Waals surface area (Å²) in [6.45, 7) is 6.34. The molecular formula is C57H94O6. The minimum absolute atomic E-state index is 0.103. The molecule has 0 fully saturated rings. The molecule has 0 aromatic heterocycles. The van der Waals surface area contributed by atoms with E-state index in [1.165, 1.54) is 51.4 Å². The second-order valence-electron chi connectivity index (χ2n) is 16.7. The van der Waals surface area contributed by atoms with Crippen molar-refractivity contribution in [2.45, 2.75) is 232 Å². The molecule has 0 bridgehead atoms. The van der Waals surface area contributed by atoms with Crippen molar-refractivity contribution in [3.8, 4) is 0 Å². The van der Waals surface area contributed by atoms with E-state index in [4.69, 9.17) is 14.2 Å². The molecule has 0 aliphatic heterocycles. The van der Waals surface area contributed by atoms with Crippen molar-refractivity contribution in [3.05, 3.63) is 97.2 Å². The van der Waals surface area contributed by atoms with Gasteiger partial charge in [0.15, 0.2) is 6.10 Å². The average molecular weight is 875 g/mol. The third kappa shape index (κ3) is 49.2. The number of hydrogen-bond acceptors (Lipinski definition) is 6. The molecule has 1 atom stereocenters. The van der Waals surface area contributed by atoms with E-state index < -0.39 is 6.10 Å². The van der Waals surface area contributed by atoms with Gasteiger partial charge in [0.05, 0.1) is 0 Å². The topological polar surface area (TPSA) is 78.9 Å². The lowest BCUT2D eigenvalue weighted by Crippen LogP contribution is -2.30. The molecule has 0 aliphatic carbocycles. The average Bonchev–Trinajstić information content (AvgIpc) is 3.28. The number of carbonyl (C=O) groups excluding carboxylic acids is 3. The summed E-state index contributed by atoms with van der Waals surface area (Å²) < 4.78 is 16.7. The first-order chi connectivity index (χ1) is 31.0. The molecule has 0 saturated carbocycles. The van der Waals surface area contributed by atoms with Gasteiger partial charge in [0.25, 0.3) is 0 Å². The first kappa shape index (κ1) is 59.3. The van der Waals surface area contributed by atoms with Crippen LogP contribution in [0.5, 0.6) is 0 Å². The number of unbranched alkanes of at least 4 members (excludes halogenated alkanes) is 18. The lowest BCUT2D eigenvalue weighted by atomic mass is 10.1. The SMILES string of the molecule is CC/C=C\C/C=C\C/C=C\C/C=C\CCCCC(=O)OC[C@@H](COC(=O)CCCCCCC/C=C\CCCCCCCC)OC(=O)CCCCCCC/C=C\C/C=C\C/C=C\CC. The smallest absolute Gasteiger partial charge is 0.306 e. The summed E-state index contributed by atoms with van der Waals surface area (Å²) in [4.78, 5) is 38.0. The molecule has 0 rings (SSSR count). The largest absolute Gasteiger partial charge is 0.462 e. The standard InChI is InChI=1S/C57H94O6/c1-4-7-10-13-16-19-22-25-28-31-34-37-40-43-46-49-55(58)61-52-54(63-57(60)51-48-45-42-39-36-33-30-27-24-21-18-15-12-9-6-3)53-62-56(59)50-47-44-41-38-35-32-29-26-23-20-17-14-11-8-5-2/h7,9-10,12,16,18-19,21,25-30,34,37,54H,4-6,8,11,13-15,17,20,22-24,31-33,35-36,38-53H2,1-3H3/b10-7-,12-9-,19-16-,21-18-,28-25-,29-26-,30-27-,37-34-/t54-/m0/s1. The van der Waals surface area contributed by atoms with Gasteiger partial charge in [-0.3, -0.25) is 14.4 Å². The maximum absolute atomic E-state index is 12.8. The van der Waals surface area contributed by atoms with E-state index in [1.807, 2.05) is 0 Å². The van der Waals surface area contributed by atoms with Crippen LogP contribution in [0.15, 0.2) is 97.2 Å². The number of carbonyl (C=O) groups is 3. The number of ether oxygens (including phenoxy) is 3. The van der Waals surface area contributed by atoms with Gasteiger partial charge in [0.2, 0.25) is 0 Å². The van der Waals surface area contributed by atoms with Gasteiger partial charge in [-0.2, -0.15) is 0 Å². The van der Waals surface area contributed by atoms with Gasteiger partial charge in [0, 0.05) is 19.3 Å². The Balaban J connectivity index is 4.50. The fourth-order valence-electron chi connectivity index (χ4n) is 6.73. The summed E-state index contributed by atoms with van der Waals surface area (Å²) in [6, 6.07) is 0. The summed E-state index contributed by atoms with van der Waals surface area (Å²) in [5.74, 6) is -0.975. The number of rotatable bonds is 45. The van der Waals surface area contributed by atoms with E-state index in [-0.39, 0.29) is 31.1 Å². The van der Waals surface area contributed by atoms with E-state index >= 15 is 0 Å². The maximum Gasteiger partial charge on any atom is 0.306 e. The molecule has 0 heterocycles. The summed E-state index contributed by atoms with van der Waals surface area (Å²) in [5.41, 5.74) is 0. The Labute approximate surface area is 387 Å². The Morgan fingerprint density at radius 3 is 1.02 bits per heavy atom. The van der Waals surface area contributed by atoms with Crippen molar-refractivity contribution < 1.29 is 28.6 Å². The Bertz CT molecular complexity index is 1280. The molecule has 0 unspecified atom stereocenters. The molecular weight excluding hydrogens is 781 g/mol. The van der Waals surface area contributed by atoms with Crippen LogP contribution < -0.4 is 0 Å². The first-order valence-electron chi connectivity index (χ1n) is 25.7. The Morgan fingerprint density at radius 2 is 0.619 bits per heavy atom. The minimum atomic E-state index is -0.807. The molecule has 0 aromatic carbocycles. The van der Waals surface area contributed by atoms with Crippen LogP contribution in [0.4, 0.5) is 0 Å². The van der Waals surface area contributed by atoms with E-state index in [1.54, 1.807) is 0 Å². The Kier molecular flexibility index (Phi) is 48.0. The monoisotopic (exact) mass is 875 g/mol. The zero-order valence-corrected chi connectivity index (χ0v) is 40.8. The summed E-state index contributed by atoms with van der Waals surface area (Å²) in [5, 5.41) is 0. The molecule has 63 heavy (non-hydrogen) atoms. The van der Waals surface area contributed by atoms with Crippen LogP contribution in [0.3, 0.4) is 0 Å². The van der Waals surface area contributed by atoms with Crippen molar-refractivity contribution in [2.75, 3.05) is 13.2 Å². The molecule has 6 nitrogen and oxygen atoms in total. The molecule has 0 aliphatic rings. The van der Waals surface area contributed by atoms with Gasteiger partial charge in [0.1, 0.15) is 13.2 Å². The Hall–Kier alpha value is -3.67. The third-order valence-corrected chi connectivity index (χ3v) is 10.6.